The van der Waals surface area contributed by atoms with Gasteiger partial charge in [0, 0.05) is 6.54 Å². The number of hydrogen-bond donors (Lipinski definition) is 1. The first kappa shape index (κ1) is 18.0. The van der Waals surface area contributed by atoms with Crippen LogP contribution in [0.3, 0.4) is 0 Å². The second-order valence-corrected chi connectivity index (χ2v) is 8.36. The van der Waals surface area contributed by atoms with Gasteiger partial charge in [-0.2, -0.15) is 0 Å². The molecular weight excluding hydrogens is 246 g/mol. The van der Waals surface area contributed by atoms with Gasteiger partial charge >= 0.3 is 0 Å². The molecule has 1 saturated carbocycles. The monoisotopic (exact) mass is 283 g/mol. The van der Waals surface area contributed by atoms with E-state index in [1.165, 1.54) is 51.7 Å². The molecule has 2 nitrogen and oxygen atoms in total. The van der Waals surface area contributed by atoms with Gasteiger partial charge in [0.2, 0.25) is 0 Å². The minimum absolute atomic E-state index is 0.306. The topological polar surface area (TPSA) is 23.5 Å². The van der Waals surface area contributed by atoms with Crippen molar-refractivity contribution in [1.82, 2.24) is 4.90 Å². The van der Waals surface area contributed by atoms with E-state index in [-0.39, 0.29) is 5.60 Å². The summed E-state index contributed by atoms with van der Waals surface area (Å²) in [7, 11) is 0. The van der Waals surface area contributed by atoms with Gasteiger partial charge in [-0.15, -0.1) is 0 Å². The zero-order valence-electron chi connectivity index (χ0n) is 14.5. The number of aliphatic hydroxyl groups is 1. The Hall–Kier alpha value is -0.0800. The molecule has 120 valence electrons. The SMILES string of the molecule is CC(C)(C)CN1CCCCC1.CC(C)C1(O)CCCC1. The molecule has 0 atom stereocenters. The number of nitrogens with zero attached hydrogens (tertiary/aromatic N) is 1. The Bertz CT molecular complexity index is 255. The van der Waals surface area contributed by atoms with E-state index in [0.717, 1.165) is 12.8 Å². The van der Waals surface area contributed by atoms with E-state index in [9.17, 15) is 5.11 Å². The number of piperidine rings is 1. The standard InChI is InChI=1S/C10H21N.C8H16O/c1-10(2,3)9-11-7-5-4-6-8-11;1-7(2)8(9)5-3-4-6-8/h4-9H2,1-3H3;7,9H,3-6H2,1-2H3. The van der Waals surface area contributed by atoms with E-state index >= 15 is 0 Å². The van der Waals surface area contributed by atoms with Crippen LogP contribution in [0.5, 0.6) is 0 Å². The molecule has 0 aromatic heterocycles. The lowest BCUT2D eigenvalue weighted by atomic mass is 9.89. The molecule has 2 rings (SSSR count). The van der Waals surface area contributed by atoms with Gasteiger partial charge in [0.25, 0.3) is 0 Å². The molecule has 2 aliphatic rings. The summed E-state index contributed by atoms with van der Waals surface area (Å²) >= 11 is 0. The highest BCUT2D eigenvalue weighted by Crippen LogP contribution is 2.35. The third kappa shape index (κ3) is 6.58. The summed E-state index contributed by atoms with van der Waals surface area (Å²) in [5, 5.41) is 9.77. The first-order chi connectivity index (χ1) is 9.23. The van der Waals surface area contributed by atoms with Crippen LogP contribution in [0.1, 0.15) is 79.6 Å². The van der Waals surface area contributed by atoms with Crippen LogP contribution in [-0.2, 0) is 0 Å². The molecule has 0 aromatic rings. The average molecular weight is 284 g/mol. The second kappa shape index (κ2) is 7.79. The van der Waals surface area contributed by atoms with Crippen molar-refractivity contribution in [3.05, 3.63) is 0 Å². The van der Waals surface area contributed by atoms with E-state index in [2.05, 4.69) is 39.5 Å². The fraction of sp³-hybridized carbons (Fsp3) is 1.00. The van der Waals surface area contributed by atoms with E-state index in [0.29, 0.717) is 11.3 Å². The van der Waals surface area contributed by atoms with Gasteiger partial charge < -0.3 is 10.0 Å². The first-order valence-corrected chi connectivity index (χ1v) is 8.68. The molecule has 2 heteroatoms. The van der Waals surface area contributed by atoms with Crippen molar-refractivity contribution in [3.63, 3.8) is 0 Å². The highest BCUT2D eigenvalue weighted by atomic mass is 16.3. The smallest absolute Gasteiger partial charge is 0.0670 e. The third-order valence-corrected chi connectivity index (χ3v) is 4.69. The largest absolute Gasteiger partial charge is 0.390 e. The molecular formula is C18H37NO. The van der Waals surface area contributed by atoms with Crippen LogP contribution < -0.4 is 0 Å². The van der Waals surface area contributed by atoms with Crippen LogP contribution in [-0.4, -0.2) is 35.2 Å². The lowest BCUT2D eigenvalue weighted by Gasteiger charge is -2.32. The van der Waals surface area contributed by atoms with E-state index in [1.54, 1.807) is 0 Å². The van der Waals surface area contributed by atoms with Crippen LogP contribution in [0.4, 0.5) is 0 Å². The van der Waals surface area contributed by atoms with Crippen LogP contribution in [0.25, 0.3) is 0 Å². The summed E-state index contributed by atoms with van der Waals surface area (Å²) in [5.41, 5.74) is 0.178. The minimum Gasteiger partial charge on any atom is -0.390 e. The summed E-state index contributed by atoms with van der Waals surface area (Å²) in [6, 6.07) is 0. The molecule has 1 aliphatic heterocycles. The van der Waals surface area contributed by atoms with Crippen LogP contribution >= 0.6 is 0 Å². The molecule has 0 radical (unpaired) electrons. The molecule has 1 N–H and O–H groups in total. The van der Waals surface area contributed by atoms with Gasteiger partial charge in [0.05, 0.1) is 5.60 Å². The van der Waals surface area contributed by atoms with E-state index < -0.39 is 0 Å². The van der Waals surface area contributed by atoms with E-state index in [4.69, 9.17) is 0 Å². The second-order valence-electron chi connectivity index (χ2n) is 8.36. The Balaban J connectivity index is 0.000000204. The quantitative estimate of drug-likeness (QED) is 0.808. The predicted octanol–water partition coefficient (Wildman–Crippen LogP) is 4.47. The van der Waals surface area contributed by atoms with Crippen LogP contribution in [0, 0.1) is 11.3 Å². The third-order valence-electron chi connectivity index (χ3n) is 4.69. The maximum absolute atomic E-state index is 9.77. The summed E-state index contributed by atoms with van der Waals surface area (Å²) in [6.45, 7) is 15.1. The first-order valence-electron chi connectivity index (χ1n) is 8.68. The Morgan fingerprint density at radius 1 is 0.950 bits per heavy atom. The zero-order valence-corrected chi connectivity index (χ0v) is 14.5. The molecule has 0 aromatic carbocycles. The van der Waals surface area contributed by atoms with Gasteiger partial charge in [0.1, 0.15) is 0 Å². The molecule has 1 aliphatic carbocycles. The van der Waals surface area contributed by atoms with Gasteiger partial charge in [-0.05, 0) is 50.1 Å². The predicted molar refractivity (Wildman–Crippen MR) is 88.0 cm³/mol. The summed E-state index contributed by atoms with van der Waals surface area (Å²) in [4.78, 5) is 2.60. The average Bonchev–Trinajstić information content (AvgIpc) is 2.77. The summed E-state index contributed by atoms with van der Waals surface area (Å²) < 4.78 is 0. The van der Waals surface area contributed by atoms with Gasteiger partial charge in [-0.3, -0.25) is 0 Å². The van der Waals surface area contributed by atoms with Crippen molar-refractivity contribution < 1.29 is 5.11 Å². The van der Waals surface area contributed by atoms with Gasteiger partial charge in [-0.25, -0.2) is 0 Å². The number of rotatable bonds is 2. The fourth-order valence-electron chi connectivity index (χ4n) is 3.35. The lowest BCUT2D eigenvalue weighted by molar-refractivity contribution is 0.00205. The molecule has 0 bridgehead atoms. The molecule has 1 heterocycles. The molecule has 2 fully saturated rings. The normalized spacial score (nSPS) is 23.6. The Morgan fingerprint density at radius 3 is 1.80 bits per heavy atom. The Morgan fingerprint density at radius 2 is 1.45 bits per heavy atom. The van der Waals surface area contributed by atoms with Crippen LogP contribution in [0.15, 0.2) is 0 Å². The van der Waals surface area contributed by atoms with Crippen molar-refractivity contribution in [2.24, 2.45) is 11.3 Å². The highest BCUT2D eigenvalue weighted by molar-refractivity contribution is 4.86. The Kier molecular flexibility index (Phi) is 7.00. The van der Waals surface area contributed by atoms with Crippen molar-refractivity contribution in [2.45, 2.75) is 85.2 Å². The van der Waals surface area contributed by atoms with Gasteiger partial charge in [0.15, 0.2) is 0 Å². The van der Waals surface area contributed by atoms with Crippen molar-refractivity contribution >= 4 is 0 Å². The maximum atomic E-state index is 9.77. The number of likely N-dealkylation sites (tertiary alicyclic amines) is 1. The summed E-state index contributed by atoms with van der Waals surface area (Å²) in [6.07, 6.45) is 8.74. The molecule has 0 unspecified atom stereocenters. The Labute approximate surface area is 126 Å². The lowest BCUT2D eigenvalue weighted by Crippen LogP contribution is -2.36. The van der Waals surface area contributed by atoms with Crippen molar-refractivity contribution in [1.29, 1.82) is 0 Å². The number of hydrogen-bond acceptors (Lipinski definition) is 2. The summed E-state index contributed by atoms with van der Waals surface area (Å²) in [5.74, 6) is 0.444. The highest BCUT2D eigenvalue weighted by Gasteiger charge is 2.33. The molecule has 0 spiro atoms. The van der Waals surface area contributed by atoms with Crippen molar-refractivity contribution in [2.75, 3.05) is 19.6 Å². The van der Waals surface area contributed by atoms with E-state index in [1.807, 2.05) is 0 Å². The fourth-order valence-corrected chi connectivity index (χ4v) is 3.35. The van der Waals surface area contributed by atoms with Crippen molar-refractivity contribution in [3.8, 4) is 0 Å². The van der Waals surface area contributed by atoms with Crippen LogP contribution in [0.2, 0.25) is 0 Å². The maximum Gasteiger partial charge on any atom is 0.0670 e. The molecule has 1 saturated heterocycles. The molecule has 0 amide bonds. The zero-order chi connectivity index (χ0) is 15.2. The molecule has 20 heavy (non-hydrogen) atoms. The van der Waals surface area contributed by atoms with Gasteiger partial charge in [-0.1, -0.05) is 53.9 Å². The minimum atomic E-state index is -0.306.